The SMILES string of the molecule is CCOc1ccc(C(CC)NC(=O)N2CCN(c3ccccc3)C(=O)C2)cc1. The zero-order valence-corrected chi connectivity index (χ0v) is 16.4. The zero-order chi connectivity index (χ0) is 19.9. The molecule has 6 heteroatoms. The van der Waals surface area contributed by atoms with Gasteiger partial charge in [0.05, 0.1) is 12.6 Å². The zero-order valence-electron chi connectivity index (χ0n) is 16.4. The van der Waals surface area contributed by atoms with Crippen molar-refractivity contribution >= 4 is 17.6 Å². The molecule has 1 N–H and O–H groups in total. The van der Waals surface area contributed by atoms with Crippen molar-refractivity contribution < 1.29 is 14.3 Å². The molecule has 3 amide bonds. The van der Waals surface area contributed by atoms with Crippen LogP contribution in [0, 0.1) is 0 Å². The number of carbonyl (C=O) groups is 2. The summed E-state index contributed by atoms with van der Waals surface area (Å²) in [6.45, 7) is 5.68. The Hall–Kier alpha value is -3.02. The monoisotopic (exact) mass is 381 g/mol. The quantitative estimate of drug-likeness (QED) is 0.832. The van der Waals surface area contributed by atoms with Crippen LogP contribution in [0.15, 0.2) is 54.6 Å². The van der Waals surface area contributed by atoms with Gasteiger partial charge in [0.25, 0.3) is 0 Å². The molecule has 1 atom stereocenters. The van der Waals surface area contributed by atoms with Crippen molar-refractivity contribution in [1.29, 1.82) is 0 Å². The maximum absolute atomic E-state index is 12.7. The van der Waals surface area contributed by atoms with E-state index >= 15 is 0 Å². The van der Waals surface area contributed by atoms with Gasteiger partial charge in [-0.2, -0.15) is 0 Å². The molecule has 148 valence electrons. The van der Waals surface area contributed by atoms with Gasteiger partial charge in [0, 0.05) is 18.8 Å². The lowest BCUT2D eigenvalue weighted by molar-refractivity contribution is -0.120. The fraction of sp³-hybridized carbons (Fsp3) is 0.364. The molecule has 0 bridgehead atoms. The lowest BCUT2D eigenvalue weighted by atomic mass is 10.0. The van der Waals surface area contributed by atoms with Crippen LogP contribution in [-0.4, -0.2) is 43.1 Å². The van der Waals surface area contributed by atoms with Gasteiger partial charge < -0.3 is 19.9 Å². The summed E-state index contributed by atoms with van der Waals surface area (Å²) in [5.41, 5.74) is 1.89. The van der Waals surface area contributed by atoms with E-state index in [9.17, 15) is 9.59 Å². The molecule has 1 aliphatic rings. The van der Waals surface area contributed by atoms with E-state index in [1.807, 2.05) is 68.4 Å². The highest BCUT2D eigenvalue weighted by molar-refractivity contribution is 5.97. The number of urea groups is 1. The topological polar surface area (TPSA) is 61.9 Å². The van der Waals surface area contributed by atoms with Gasteiger partial charge in [0.1, 0.15) is 12.3 Å². The van der Waals surface area contributed by atoms with Crippen molar-refractivity contribution in [3.63, 3.8) is 0 Å². The second kappa shape index (κ2) is 9.26. The molecule has 0 aliphatic carbocycles. The van der Waals surface area contributed by atoms with E-state index < -0.39 is 0 Å². The Morgan fingerprint density at radius 2 is 1.79 bits per heavy atom. The largest absolute Gasteiger partial charge is 0.494 e. The molecule has 28 heavy (non-hydrogen) atoms. The Morgan fingerprint density at radius 1 is 1.07 bits per heavy atom. The van der Waals surface area contributed by atoms with Gasteiger partial charge in [-0.25, -0.2) is 4.79 Å². The smallest absolute Gasteiger partial charge is 0.318 e. The number of piperazine rings is 1. The van der Waals surface area contributed by atoms with E-state index in [1.54, 1.807) is 9.80 Å². The molecule has 2 aromatic carbocycles. The molecule has 1 heterocycles. The normalized spacial score (nSPS) is 15.3. The van der Waals surface area contributed by atoms with Crippen LogP contribution in [0.25, 0.3) is 0 Å². The van der Waals surface area contributed by atoms with Crippen LogP contribution in [0.5, 0.6) is 5.75 Å². The summed E-state index contributed by atoms with van der Waals surface area (Å²) in [7, 11) is 0. The van der Waals surface area contributed by atoms with E-state index in [4.69, 9.17) is 4.74 Å². The van der Waals surface area contributed by atoms with Gasteiger partial charge in [-0.05, 0) is 43.2 Å². The molecular weight excluding hydrogens is 354 g/mol. The number of rotatable bonds is 6. The summed E-state index contributed by atoms with van der Waals surface area (Å²) < 4.78 is 5.47. The van der Waals surface area contributed by atoms with Gasteiger partial charge in [0.2, 0.25) is 5.91 Å². The molecule has 0 aromatic heterocycles. The summed E-state index contributed by atoms with van der Waals surface area (Å²) in [6.07, 6.45) is 0.762. The molecule has 3 rings (SSSR count). The number of amides is 3. The minimum atomic E-state index is -0.207. The fourth-order valence-corrected chi connectivity index (χ4v) is 3.35. The molecule has 2 aromatic rings. The lowest BCUT2D eigenvalue weighted by Gasteiger charge is -2.35. The highest BCUT2D eigenvalue weighted by Gasteiger charge is 2.28. The van der Waals surface area contributed by atoms with Gasteiger partial charge in [-0.3, -0.25) is 4.79 Å². The summed E-state index contributed by atoms with van der Waals surface area (Å²) in [6, 6.07) is 17.0. The predicted molar refractivity (Wildman–Crippen MR) is 110 cm³/mol. The third kappa shape index (κ3) is 4.63. The molecule has 1 saturated heterocycles. The number of carbonyl (C=O) groups excluding carboxylic acids is 2. The minimum absolute atomic E-state index is 0.0679. The van der Waals surface area contributed by atoms with Crippen molar-refractivity contribution in [2.75, 3.05) is 31.1 Å². The number of hydrogen-bond acceptors (Lipinski definition) is 3. The summed E-state index contributed by atoms with van der Waals surface area (Å²) in [5.74, 6) is 0.747. The Morgan fingerprint density at radius 3 is 2.39 bits per heavy atom. The van der Waals surface area contributed by atoms with E-state index in [1.165, 1.54) is 0 Å². The van der Waals surface area contributed by atoms with Crippen molar-refractivity contribution in [3.05, 3.63) is 60.2 Å². The Kier molecular flexibility index (Phi) is 6.53. The summed E-state index contributed by atoms with van der Waals surface area (Å²) in [5, 5.41) is 3.05. The van der Waals surface area contributed by atoms with Crippen LogP contribution in [0.2, 0.25) is 0 Å². The van der Waals surface area contributed by atoms with Gasteiger partial charge in [0.15, 0.2) is 0 Å². The molecule has 1 unspecified atom stereocenters. The van der Waals surface area contributed by atoms with Crippen LogP contribution in [0.4, 0.5) is 10.5 Å². The second-order valence-corrected chi connectivity index (χ2v) is 6.71. The summed E-state index contributed by atoms with van der Waals surface area (Å²) >= 11 is 0. The molecule has 1 aliphatic heterocycles. The van der Waals surface area contributed by atoms with E-state index in [-0.39, 0.29) is 24.5 Å². The Labute approximate surface area is 166 Å². The first-order valence-corrected chi connectivity index (χ1v) is 9.76. The number of ether oxygens (including phenoxy) is 1. The fourth-order valence-electron chi connectivity index (χ4n) is 3.35. The van der Waals surface area contributed by atoms with Crippen LogP contribution in [0.1, 0.15) is 31.9 Å². The van der Waals surface area contributed by atoms with Crippen LogP contribution >= 0.6 is 0 Å². The highest BCUT2D eigenvalue weighted by atomic mass is 16.5. The molecular formula is C22H27N3O3. The molecule has 0 radical (unpaired) electrons. The maximum atomic E-state index is 12.7. The van der Waals surface area contributed by atoms with Crippen molar-refractivity contribution in [2.45, 2.75) is 26.3 Å². The number of benzene rings is 2. The molecule has 1 fully saturated rings. The van der Waals surface area contributed by atoms with Crippen LogP contribution in [0.3, 0.4) is 0 Å². The maximum Gasteiger partial charge on any atom is 0.318 e. The van der Waals surface area contributed by atoms with Gasteiger partial charge in [-0.15, -0.1) is 0 Å². The average Bonchev–Trinajstić information content (AvgIpc) is 2.73. The van der Waals surface area contributed by atoms with Crippen LogP contribution < -0.4 is 15.0 Å². The third-order valence-corrected chi connectivity index (χ3v) is 4.88. The Balaban J connectivity index is 1.60. The van der Waals surface area contributed by atoms with Gasteiger partial charge in [-0.1, -0.05) is 37.3 Å². The molecule has 0 spiro atoms. The number of hydrogen-bond donors (Lipinski definition) is 1. The molecule has 6 nitrogen and oxygen atoms in total. The third-order valence-electron chi connectivity index (χ3n) is 4.88. The number of nitrogens with one attached hydrogen (secondary N) is 1. The van der Waals surface area contributed by atoms with Crippen molar-refractivity contribution in [3.8, 4) is 5.75 Å². The Bertz CT molecular complexity index is 792. The standard InChI is InChI=1S/C22H27N3O3/c1-3-20(17-10-12-19(13-11-17)28-4-2)23-22(27)24-14-15-25(21(26)16-24)18-8-6-5-7-9-18/h5-13,20H,3-4,14-16H2,1-2H3,(H,23,27). The highest BCUT2D eigenvalue weighted by Crippen LogP contribution is 2.21. The predicted octanol–water partition coefficient (Wildman–Crippen LogP) is 3.59. The number of anilines is 1. The second-order valence-electron chi connectivity index (χ2n) is 6.71. The van der Waals surface area contributed by atoms with Crippen molar-refractivity contribution in [2.24, 2.45) is 0 Å². The number of nitrogens with zero attached hydrogens (tertiary/aromatic N) is 2. The average molecular weight is 381 g/mol. The minimum Gasteiger partial charge on any atom is -0.494 e. The number of para-hydroxylation sites is 1. The van der Waals surface area contributed by atoms with Crippen LogP contribution in [-0.2, 0) is 4.79 Å². The first-order chi connectivity index (χ1) is 13.6. The summed E-state index contributed by atoms with van der Waals surface area (Å²) in [4.78, 5) is 28.6. The molecule has 0 saturated carbocycles. The first kappa shape index (κ1) is 19.7. The van der Waals surface area contributed by atoms with E-state index in [0.717, 1.165) is 23.4 Å². The van der Waals surface area contributed by atoms with Gasteiger partial charge >= 0.3 is 6.03 Å². The lowest BCUT2D eigenvalue weighted by Crippen LogP contribution is -2.55. The first-order valence-electron chi connectivity index (χ1n) is 9.76. The van der Waals surface area contributed by atoms with Crippen molar-refractivity contribution in [1.82, 2.24) is 10.2 Å². The van der Waals surface area contributed by atoms with E-state index in [2.05, 4.69) is 5.32 Å². The van der Waals surface area contributed by atoms with E-state index in [0.29, 0.717) is 19.7 Å².